The fourth-order valence-corrected chi connectivity index (χ4v) is 16.8. The lowest BCUT2D eigenvalue weighted by molar-refractivity contribution is 0.0724. The summed E-state index contributed by atoms with van der Waals surface area (Å²) in [6, 6.07) is 38.1. The predicted octanol–water partition coefficient (Wildman–Crippen LogP) is 15.8. The molecule has 1 fully saturated rings. The SMILES string of the molecule is Cc1cc(Nc2nccc(-c3cn(C)cn3)n2)cc2cc(C(=O)N3CCc4cnn(C)c4C3)[nH]c12.Cc1cc(Nc2nccc(-c3cn(C)cn3)n2)cc2cc(C(=O)NC[C@@H]3CCCO3)[nH]c12.Cc1cc(Nc2nccc(-c3cn(C)cn3)n2)cc2cc(C(=O)NCc3ccc(Cl)cc3)[nH]c12.Cc1cnc(CNC(=O)c2cc3cc(Nc4nccc(-c5cn(C)cn5)n4)cc(C)c3[nH]2)s1. The number of nitrogens with zero attached hydrogens (tertiary/aromatic N) is 20. The second-order valence-electron chi connectivity index (χ2n) is 32.9. The zero-order chi connectivity index (χ0) is 92.8. The maximum atomic E-state index is 13.3. The predicted molar refractivity (Wildman–Crippen MR) is 516 cm³/mol. The van der Waals surface area contributed by atoms with Crippen molar-refractivity contribution in [1.29, 1.82) is 0 Å². The number of halogens is 1. The number of fused-ring (bicyclic) bond motifs is 5. The van der Waals surface area contributed by atoms with Crippen LogP contribution in [0.2, 0.25) is 5.02 Å². The summed E-state index contributed by atoms with van der Waals surface area (Å²) >= 11 is 7.50. The molecule has 0 unspecified atom stereocenters. The van der Waals surface area contributed by atoms with Gasteiger partial charge in [-0.1, -0.05) is 23.7 Å². The molecule has 36 nitrogen and oxygen atoms in total. The van der Waals surface area contributed by atoms with Crippen LogP contribution in [0.15, 0.2) is 209 Å². The summed E-state index contributed by atoms with van der Waals surface area (Å²) in [5, 5.41) is 31.5. The Morgan fingerprint density at radius 3 is 1.21 bits per heavy atom. The van der Waals surface area contributed by atoms with Crippen molar-refractivity contribution in [3.63, 3.8) is 0 Å². The first-order valence-corrected chi connectivity index (χ1v) is 44.4. The van der Waals surface area contributed by atoms with Gasteiger partial charge in [-0.3, -0.25) is 23.9 Å². The Morgan fingerprint density at radius 1 is 0.448 bits per heavy atom. The molecule has 0 spiro atoms. The highest BCUT2D eigenvalue weighted by molar-refractivity contribution is 7.11. The summed E-state index contributed by atoms with van der Waals surface area (Å²) in [4.78, 5) is 125. The first-order chi connectivity index (χ1) is 64.9. The van der Waals surface area contributed by atoms with E-state index in [0.717, 1.165) is 181 Å². The van der Waals surface area contributed by atoms with E-state index in [-0.39, 0.29) is 29.7 Å². The number of hydrogen-bond acceptors (Lipinski definition) is 24. The summed E-state index contributed by atoms with van der Waals surface area (Å²) in [7, 11) is 9.59. The highest BCUT2D eigenvalue weighted by atomic mass is 35.5. The van der Waals surface area contributed by atoms with Crippen molar-refractivity contribution in [2.45, 2.75) is 79.6 Å². The van der Waals surface area contributed by atoms with Crippen molar-refractivity contribution in [2.24, 2.45) is 35.2 Å². The molecule has 0 bridgehead atoms. The number of anilines is 8. The minimum absolute atomic E-state index is 0.00615. The molecule has 1 saturated heterocycles. The zero-order valence-corrected chi connectivity index (χ0v) is 76.4. The van der Waals surface area contributed by atoms with Crippen LogP contribution in [0.3, 0.4) is 0 Å². The number of thiazole rings is 1. The fourth-order valence-electron chi connectivity index (χ4n) is 15.9. The van der Waals surface area contributed by atoms with Crippen LogP contribution in [0.4, 0.5) is 46.5 Å². The van der Waals surface area contributed by atoms with E-state index in [0.29, 0.717) is 84.3 Å². The van der Waals surface area contributed by atoms with E-state index in [4.69, 9.17) is 16.3 Å². The van der Waals surface area contributed by atoms with Crippen LogP contribution < -0.4 is 37.2 Å². The zero-order valence-electron chi connectivity index (χ0n) is 74.8. The molecule has 2 aliphatic heterocycles. The van der Waals surface area contributed by atoms with Gasteiger partial charge in [0.1, 0.15) is 50.6 Å². The second kappa shape index (κ2) is 38.7. The summed E-state index contributed by atoms with van der Waals surface area (Å²) in [5.74, 6) is 1.44. The molecule has 38 heteroatoms. The third-order valence-corrected chi connectivity index (χ3v) is 23.7. The minimum atomic E-state index is -0.175. The normalized spacial score (nSPS) is 12.8. The van der Waals surface area contributed by atoms with Crippen molar-refractivity contribution >= 4 is 137 Å². The van der Waals surface area contributed by atoms with Crippen molar-refractivity contribution in [1.82, 2.24) is 134 Å². The number of aryl methyl sites for hydroxylation is 10. The number of imidazole rings is 4. The van der Waals surface area contributed by atoms with Crippen molar-refractivity contribution in [2.75, 3.05) is 41.0 Å². The number of ether oxygens (including phenoxy) is 1. The Balaban J connectivity index is 0.000000119. The van der Waals surface area contributed by atoms with Crippen molar-refractivity contribution < 1.29 is 23.9 Å². The molecular weight excluding hydrogens is 1730 g/mol. The molecule has 0 saturated carbocycles. The number of H-pyrrole nitrogens is 4. The van der Waals surface area contributed by atoms with Crippen LogP contribution in [-0.4, -0.2) is 167 Å². The Labute approximate surface area is 776 Å². The van der Waals surface area contributed by atoms with Gasteiger partial charge in [0.2, 0.25) is 23.8 Å². The smallest absolute Gasteiger partial charge is 0.270 e. The number of carbonyl (C=O) groups is 4. The van der Waals surface area contributed by atoms with Crippen LogP contribution in [0, 0.1) is 34.6 Å². The van der Waals surface area contributed by atoms with E-state index in [1.165, 1.54) is 5.56 Å². The molecule has 5 aromatic carbocycles. The number of aromatic amines is 4. The van der Waals surface area contributed by atoms with E-state index in [1.54, 1.807) is 73.6 Å². The van der Waals surface area contributed by atoms with Gasteiger partial charge in [-0.25, -0.2) is 64.8 Å². The maximum absolute atomic E-state index is 13.3. The number of rotatable bonds is 22. The summed E-state index contributed by atoms with van der Waals surface area (Å²) in [5.41, 5.74) is 22.6. The molecule has 2 aliphatic rings. The van der Waals surface area contributed by atoms with E-state index < -0.39 is 0 Å². The average Bonchev–Trinajstić information content (AvgIpc) is 1.63. The van der Waals surface area contributed by atoms with Crippen LogP contribution in [0.25, 0.3) is 89.2 Å². The Hall–Kier alpha value is -16.4. The Bertz CT molecular complexity index is 7570. The van der Waals surface area contributed by atoms with Gasteiger partial charge >= 0.3 is 0 Å². The van der Waals surface area contributed by atoms with Crippen LogP contribution in [0.1, 0.15) is 104 Å². The maximum Gasteiger partial charge on any atom is 0.270 e. The van der Waals surface area contributed by atoms with Gasteiger partial charge in [0.25, 0.3) is 23.6 Å². The van der Waals surface area contributed by atoms with Crippen molar-refractivity contribution in [3.05, 3.63) is 285 Å². The van der Waals surface area contributed by atoms with Gasteiger partial charge in [0, 0.05) is 194 Å². The van der Waals surface area contributed by atoms with Crippen LogP contribution >= 0.6 is 22.9 Å². The molecule has 0 radical (unpaired) electrons. The molecule has 676 valence electrons. The quantitative estimate of drug-likeness (QED) is 0.0300. The Kier molecular flexibility index (Phi) is 25.5. The molecule has 21 rings (SSSR count). The third-order valence-electron chi connectivity index (χ3n) is 22.6. The van der Waals surface area contributed by atoms with Gasteiger partial charge < -0.3 is 85.1 Å². The number of carbonyl (C=O) groups excluding carboxylic acids is 4. The summed E-state index contributed by atoms with van der Waals surface area (Å²) < 4.78 is 14.9. The van der Waals surface area contributed by atoms with Crippen LogP contribution in [0.5, 0.6) is 0 Å². The molecule has 4 amide bonds. The largest absolute Gasteiger partial charge is 0.376 e. The lowest BCUT2D eigenvalue weighted by Gasteiger charge is -2.26. The van der Waals surface area contributed by atoms with E-state index in [1.807, 2.05) is 244 Å². The number of benzene rings is 5. The Morgan fingerprint density at radius 2 is 0.836 bits per heavy atom. The molecule has 0 aliphatic carbocycles. The lowest BCUT2D eigenvalue weighted by atomic mass is 10.1. The highest BCUT2D eigenvalue weighted by Crippen LogP contribution is 2.34. The number of hydrogen-bond donors (Lipinski definition) is 11. The molecule has 14 aromatic heterocycles. The second-order valence-corrected chi connectivity index (χ2v) is 34.7. The number of aromatic nitrogens is 23. The highest BCUT2D eigenvalue weighted by Gasteiger charge is 2.27. The van der Waals surface area contributed by atoms with Gasteiger partial charge in [-0.05, 0) is 196 Å². The number of amides is 4. The van der Waals surface area contributed by atoms with Crippen LogP contribution in [-0.2, 0) is 66.0 Å². The minimum Gasteiger partial charge on any atom is -0.376 e. The van der Waals surface area contributed by atoms with Gasteiger partial charge in [0.05, 0.1) is 79.2 Å². The molecule has 1 atom stereocenters. The lowest BCUT2D eigenvalue weighted by Crippen LogP contribution is -2.36. The molecule has 19 aromatic rings. The summed E-state index contributed by atoms with van der Waals surface area (Å²) in [6.45, 7) is 13.4. The summed E-state index contributed by atoms with van der Waals surface area (Å²) in [6.07, 6.45) is 28.1. The van der Waals surface area contributed by atoms with E-state index in [2.05, 4.69) is 127 Å². The topological polar surface area (TPSA) is 433 Å². The average molecular weight is 1830 g/mol. The van der Waals surface area contributed by atoms with E-state index >= 15 is 0 Å². The first-order valence-electron chi connectivity index (χ1n) is 43.2. The molecular formula is C96H94ClN31O5S. The van der Waals surface area contributed by atoms with E-state index in [9.17, 15) is 19.2 Å². The monoisotopic (exact) mass is 1830 g/mol. The molecule has 11 N–H and O–H groups in total. The standard InChI is InChI=1S/C25H22ClN7O.C25H25N9O.C23H22N8OS.C23H25N7O2/c1-15-9-19(30-25-27-8-7-20(32-25)22-13-33(2)14-29-22)10-17-11-21(31-23(15)17)24(34)28-12-16-3-5-18(26)6-4-16;1-15-8-18(29-25-26-6-4-19(31-25)21-12-32(2)14-27-21)9-17-10-20(30-23(15)17)24(35)34-7-5-16-11-28-33(3)22(16)13-34;1-13-6-16(28-23-24-5-4-17(30-23)19-11-31(3)12-27-19)7-15-8-18(29-21(13)15)22(32)26-10-20-25-9-14(2)33-20;1-14-8-16(27-23-24-6-5-18(29-23)20-12-30(2)13-26-20)9-15-10-19(28-21(14)15)22(31)25-11-17-4-3-7-32-17/h3-11,13-14,31H,12H2,1-2H3,(H,28,34)(H,27,30,32);4,6,8-12,14,30H,5,7,13H2,1-3H3,(H,26,29,31);4-9,11-12,29H,10H2,1-3H3,(H,26,32)(H,24,28,30);5-6,8-10,12-13,17,28H,3-4,7,11H2,1-2H3,(H,25,31)(H,24,27,29)/t;;;17-/m...0/s1. The fraction of sp³-hybridized carbons (Fsp3) is 0.208. The molecule has 134 heavy (non-hydrogen) atoms. The van der Waals surface area contributed by atoms with Gasteiger partial charge in [-0.2, -0.15) is 5.10 Å². The van der Waals surface area contributed by atoms with Crippen molar-refractivity contribution in [3.8, 4) is 45.6 Å². The molecule has 16 heterocycles. The first kappa shape index (κ1) is 88.2. The van der Waals surface area contributed by atoms with Gasteiger partial charge in [0.15, 0.2) is 0 Å². The third kappa shape index (κ3) is 20.7. The number of nitrogens with one attached hydrogen (secondary N) is 11. The van der Waals surface area contributed by atoms with Gasteiger partial charge in [-0.15, -0.1) is 11.3 Å².